The summed E-state index contributed by atoms with van der Waals surface area (Å²) >= 11 is 0. The Balaban J connectivity index is 2.10. The van der Waals surface area contributed by atoms with E-state index in [0.717, 1.165) is 13.1 Å². The summed E-state index contributed by atoms with van der Waals surface area (Å²) in [5.74, 6) is 1.17. The number of anilines is 1. The molecule has 0 saturated carbocycles. The predicted molar refractivity (Wildman–Crippen MR) is 81.7 cm³/mol. The Morgan fingerprint density at radius 3 is 2.84 bits per heavy atom. The molecule has 1 saturated heterocycles. The lowest BCUT2D eigenvalue weighted by atomic mass is 10.00. The molecule has 2 heterocycles. The number of nitrogens with zero attached hydrogens (tertiary/aromatic N) is 2. The molecule has 1 aromatic rings. The van der Waals surface area contributed by atoms with Crippen LogP contribution in [0.2, 0.25) is 0 Å². The lowest BCUT2D eigenvalue weighted by Crippen LogP contribution is -2.50. The van der Waals surface area contributed by atoms with Crippen LogP contribution >= 0.6 is 0 Å². The van der Waals surface area contributed by atoms with Crippen molar-refractivity contribution in [2.24, 2.45) is 0 Å². The van der Waals surface area contributed by atoms with Crippen LogP contribution in [0.1, 0.15) is 45.6 Å². The molecule has 1 aliphatic rings. The minimum atomic E-state index is 0.183. The molecule has 0 radical (unpaired) electrons. The van der Waals surface area contributed by atoms with Gasteiger partial charge < -0.3 is 10.2 Å². The van der Waals surface area contributed by atoms with E-state index in [-0.39, 0.29) is 5.54 Å². The average molecular weight is 261 g/mol. The lowest BCUT2D eigenvalue weighted by molar-refractivity contribution is 0.365. The van der Waals surface area contributed by atoms with Gasteiger partial charge in [0, 0.05) is 30.9 Å². The van der Waals surface area contributed by atoms with E-state index in [1.54, 1.807) is 0 Å². The first-order chi connectivity index (χ1) is 8.97. The van der Waals surface area contributed by atoms with E-state index in [4.69, 9.17) is 0 Å². The Morgan fingerprint density at radius 1 is 1.37 bits per heavy atom. The van der Waals surface area contributed by atoms with Crippen molar-refractivity contribution in [3.63, 3.8) is 0 Å². The minimum absolute atomic E-state index is 0.183. The van der Waals surface area contributed by atoms with Crippen LogP contribution in [0.3, 0.4) is 0 Å². The second-order valence-electron chi connectivity index (χ2n) is 6.62. The van der Waals surface area contributed by atoms with Crippen molar-refractivity contribution < 1.29 is 0 Å². The van der Waals surface area contributed by atoms with Crippen LogP contribution in [0.5, 0.6) is 0 Å². The van der Waals surface area contributed by atoms with Gasteiger partial charge in [0.15, 0.2) is 0 Å². The van der Waals surface area contributed by atoms with Gasteiger partial charge in [-0.1, -0.05) is 6.07 Å². The van der Waals surface area contributed by atoms with Crippen LogP contribution in [0, 0.1) is 6.92 Å². The first kappa shape index (κ1) is 14.3. The monoisotopic (exact) mass is 261 g/mol. The van der Waals surface area contributed by atoms with Crippen LogP contribution in [-0.4, -0.2) is 29.7 Å². The van der Waals surface area contributed by atoms with Gasteiger partial charge in [0.2, 0.25) is 0 Å². The highest BCUT2D eigenvalue weighted by atomic mass is 15.2. The standard InChI is InChI=1S/C16H27N3/c1-13-8-7-10-17-15(13)19-11-6-5-9-14(19)12-18-16(2,3)4/h7-8,10,14,18H,5-6,9,11-12H2,1-4H3. The van der Waals surface area contributed by atoms with Crippen molar-refractivity contribution in [1.82, 2.24) is 10.3 Å². The molecule has 2 rings (SSSR count). The fourth-order valence-electron chi connectivity index (χ4n) is 2.69. The maximum atomic E-state index is 4.59. The van der Waals surface area contributed by atoms with Crippen LogP contribution in [-0.2, 0) is 0 Å². The fourth-order valence-corrected chi connectivity index (χ4v) is 2.69. The molecule has 106 valence electrons. The quantitative estimate of drug-likeness (QED) is 0.906. The van der Waals surface area contributed by atoms with Crippen LogP contribution in [0.4, 0.5) is 5.82 Å². The topological polar surface area (TPSA) is 28.2 Å². The van der Waals surface area contributed by atoms with Gasteiger partial charge >= 0.3 is 0 Å². The molecular weight excluding hydrogens is 234 g/mol. The zero-order chi connectivity index (χ0) is 13.9. The van der Waals surface area contributed by atoms with Gasteiger partial charge in [-0.3, -0.25) is 0 Å². The Labute approximate surface area is 117 Å². The molecule has 1 aromatic heterocycles. The first-order valence-corrected chi connectivity index (χ1v) is 7.41. The predicted octanol–water partition coefficient (Wildman–Crippen LogP) is 3.14. The Bertz CT molecular complexity index is 409. The maximum absolute atomic E-state index is 4.59. The number of piperidine rings is 1. The van der Waals surface area contributed by atoms with Crippen molar-refractivity contribution in [3.8, 4) is 0 Å². The summed E-state index contributed by atoms with van der Waals surface area (Å²) in [6, 6.07) is 4.75. The molecule has 19 heavy (non-hydrogen) atoms. The number of aromatic nitrogens is 1. The van der Waals surface area contributed by atoms with Gasteiger partial charge in [-0.05, 0) is 58.6 Å². The third-order valence-corrected chi connectivity index (χ3v) is 3.75. The number of nitrogens with one attached hydrogen (secondary N) is 1. The number of rotatable bonds is 3. The van der Waals surface area contributed by atoms with Gasteiger partial charge in [0.05, 0.1) is 0 Å². The molecule has 0 aromatic carbocycles. The molecule has 1 fully saturated rings. The Hall–Kier alpha value is -1.09. The smallest absolute Gasteiger partial charge is 0.131 e. The molecule has 1 atom stereocenters. The summed E-state index contributed by atoms with van der Waals surface area (Å²) in [6.07, 6.45) is 5.78. The molecule has 0 aliphatic carbocycles. The highest BCUT2D eigenvalue weighted by Crippen LogP contribution is 2.25. The fraction of sp³-hybridized carbons (Fsp3) is 0.688. The largest absolute Gasteiger partial charge is 0.352 e. The summed E-state index contributed by atoms with van der Waals surface area (Å²) < 4.78 is 0. The highest BCUT2D eigenvalue weighted by Gasteiger charge is 2.25. The van der Waals surface area contributed by atoms with Crippen LogP contribution in [0.25, 0.3) is 0 Å². The zero-order valence-electron chi connectivity index (χ0n) is 12.7. The molecule has 1 unspecified atom stereocenters. The molecular formula is C16H27N3. The Morgan fingerprint density at radius 2 is 2.16 bits per heavy atom. The van der Waals surface area contributed by atoms with E-state index in [1.807, 2.05) is 12.3 Å². The molecule has 0 amide bonds. The summed E-state index contributed by atoms with van der Waals surface area (Å²) in [6.45, 7) is 11.0. The SMILES string of the molecule is Cc1cccnc1N1CCCCC1CNC(C)(C)C. The Kier molecular flexibility index (Phi) is 4.46. The summed E-state index contributed by atoms with van der Waals surface area (Å²) in [5.41, 5.74) is 1.47. The molecule has 3 nitrogen and oxygen atoms in total. The van der Waals surface area contributed by atoms with Gasteiger partial charge in [0.1, 0.15) is 5.82 Å². The second-order valence-corrected chi connectivity index (χ2v) is 6.62. The zero-order valence-corrected chi connectivity index (χ0v) is 12.7. The van der Waals surface area contributed by atoms with Crippen molar-refractivity contribution >= 4 is 5.82 Å². The molecule has 1 aliphatic heterocycles. The highest BCUT2D eigenvalue weighted by molar-refractivity contribution is 5.47. The normalized spacial score (nSPS) is 20.6. The van der Waals surface area contributed by atoms with E-state index in [9.17, 15) is 0 Å². The van der Waals surface area contributed by atoms with Gasteiger partial charge in [-0.2, -0.15) is 0 Å². The van der Waals surface area contributed by atoms with Crippen molar-refractivity contribution in [2.45, 2.75) is 58.5 Å². The molecule has 0 spiro atoms. The molecule has 0 bridgehead atoms. The van der Waals surface area contributed by atoms with Crippen LogP contribution < -0.4 is 10.2 Å². The number of hydrogen-bond acceptors (Lipinski definition) is 3. The summed E-state index contributed by atoms with van der Waals surface area (Å²) in [5, 5.41) is 3.64. The van der Waals surface area contributed by atoms with Gasteiger partial charge in [-0.25, -0.2) is 4.98 Å². The minimum Gasteiger partial charge on any atom is -0.352 e. The number of pyridine rings is 1. The van der Waals surface area contributed by atoms with E-state index in [0.29, 0.717) is 6.04 Å². The van der Waals surface area contributed by atoms with Crippen LogP contribution in [0.15, 0.2) is 18.3 Å². The third kappa shape index (κ3) is 3.93. The summed E-state index contributed by atoms with van der Waals surface area (Å²) in [7, 11) is 0. The van der Waals surface area contributed by atoms with Gasteiger partial charge in [0.25, 0.3) is 0 Å². The molecule has 3 heteroatoms. The second kappa shape index (κ2) is 5.91. The average Bonchev–Trinajstić information content (AvgIpc) is 2.37. The van der Waals surface area contributed by atoms with E-state index < -0.39 is 0 Å². The first-order valence-electron chi connectivity index (χ1n) is 7.41. The number of hydrogen-bond donors (Lipinski definition) is 1. The van der Waals surface area contributed by atoms with E-state index in [1.165, 1.54) is 30.6 Å². The van der Waals surface area contributed by atoms with E-state index in [2.05, 4.69) is 49.0 Å². The third-order valence-electron chi connectivity index (χ3n) is 3.75. The molecule has 1 N–H and O–H groups in total. The van der Waals surface area contributed by atoms with E-state index >= 15 is 0 Å². The van der Waals surface area contributed by atoms with Gasteiger partial charge in [-0.15, -0.1) is 0 Å². The summed E-state index contributed by atoms with van der Waals surface area (Å²) in [4.78, 5) is 7.09. The lowest BCUT2D eigenvalue weighted by Gasteiger charge is -2.39. The van der Waals surface area contributed by atoms with Crippen molar-refractivity contribution in [3.05, 3.63) is 23.9 Å². The van der Waals surface area contributed by atoms with Crippen molar-refractivity contribution in [2.75, 3.05) is 18.0 Å². The maximum Gasteiger partial charge on any atom is 0.131 e. The number of aryl methyl sites for hydroxylation is 1. The van der Waals surface area contributed by atoms with Crippen molar-refractivity contribution in [1.29, 1.82) is 0 Å².